The van der Waals surface area contributed by atoms with E-state index in [-0.39, 0.29) is 0 Å². The Morgan fingerprint density at radius 1 is 0.231 bits per heavy atom. The predicted molar refractivity (Wildman–Crippen MR) is 223 cm³/mol. The largest absolute Gasteiger partial charge is 0.354 e. The number of hydrogen-bond acceptors (Lipinski definition) is 4. The summed E-state index contributed by atoms with van der Waals surface area (Å²) >= 11 is 18.4. The van der Waals surface area contributed by atoms with Crippen molar-refractivity contribution in [2.24, 2.45) is 0 Å². The molecule has 0 aliphatic carbocycles. The number of hydrogen-bond donors (Lipinski definition) is 8. The van der Waals surface area contributed by atoms with Gasteiger partial charge in [-0.05, 0) is 119 Å². The fourth-order valence-corrected chi connectivity index (χ4v) is 7.68. The first-order valence-electron chi connectivity index (χ1n) is 16.8. The van der Waals surface area contributed by atoms with Gasteiger partial charge in [0.1, 0.15) is 0 Å². The third-order valence-electron chi connectivity index (χ3n) is 9.52. The Bertz CT molecular complexity index is 2460. The molecule has 0 unspecified atom stereocenters. The average molecular weight is 745 g/mol. The Morgan fingerprint density at radius 2 is 0.442 bits per heavy atom. The SMILES string of the molecule is Sc1ccc(C2=c3ccc([nH]3)=C(c3ccc(S)cc3)c3ccc([nH]3)C(c3ccc(S)cc3)=c3ccc([nH]3)=C(c3ccc(S)cc3)c3ccc2[nH]3)cc1. The van der Waals surface area contributed by atoms with Gasteiger partial charge in [-0.3, -0.25) is 0 Å². The summed E-state index contributed by atoms with van der Waals surface area (Å²) in [7, 11) is 0. The van der Waals surface area contributed by atoms with E-state index < -0.39 is 0 Å². The van der Waals surface area contributed by atoms with Crippen molar-refractivity contribution in [3.8, 4) is 0 Å². The second-order valence-electron chi connectivity index (χ2n) is 12.8. The molecule has 8 bridgehead atoms. The van der Waals surface area contributed by atoms with Crippen LogP contribution in [-0.2, 0) is 0 Å². The van der Waals surface area contributed by atoms with Crippen molar-refractivity contribution < 1.29 is 0 Å². The Morgan fingerprint density at radius 3 is 0.654 bits per heavy atom. The first-order chi connectivity index (χ1) is 25.4. The van der Waals surface area contributed by atoms with Gasteiger partial charge in [0.2, 0.25) is 0 Å². The van der Waals surface area contributed by atoms with Crippen LogP contribution in [0.1, 0.15) is 45.0 Å². The number of thiol groups is 4. The van der Waals surface area contributed by atoms with E-state index in [1.54, 1.807) is 0 Å². The van der Waals surface area contributed by atoms with E-state index in [1.165, 1.54) is 0 Å². The van der Waals surface area contributed by atoms with E-state index in [4.69, 9.17) is 0 Å². The van der Waals surface area contributed by atoms with E-state index in [0.29, 0.717) is 0 Å². The minimum atomic E-state index is 0.909. The van der Waals surface area contributed by atoms with Gasteiger partial charge in [-0.15, -0.1) is 50.5 Å². The van der Waals surface area contributed by atoms with Crippen molar-refractivity contribution in [3.63, 3.8) is 0 Å². The van der Waals surface area contributed by atoms with Gasteiger partial charge < -0.3 is 19.9 Å². The van der Waals surface area contributed by atoms with Gasteiger partial charge in [0.05, 0.1) is 0 Å². The Balaban J connectivity index is 1.43. The van der Waals surface area contributed by atoms with E-state index >= 15 is 0 Å². The van der Waals surface area contributed by atoms with Crippen molar-refractivity contribution in [3.05, 3.63) is 212 Å². The van der Waals surface area contributed by atoms with Gasteiger partial charge in [0.25, 0.3) is 0 Å². The van der Waals surface area contributed by atoms with Gasteiger partial charge >= 0.3 is 0 Å². The van der Waals surface area contributed by atoms with Crippen molar-refractivity contribution in [2.45, 2.75) is 19.6 Å². The summed E-state index contributed by atoms with van der Waals surface area (Å²) in [6.07, 6.45) is 0. The average Bonchev–Trinajstić information content (AvgIpc) is 3.99. The zero-order chi connectivity index (χ0) is 35.3. The second kappa shape index (κ2) is 13.5. The standard InChI is InChI=1S/C44H32N4S4/c49-29-9-1-25(2-10-29)41-33-17-19-35(45-33)42(26-3-11-30(50)12-4-26)37-21-23-39(47-37)44(28-7-15-32(52)16-8-28)40-24-22-38(48-40)43(36-20-18-34(41)46-36)27-5-13-31(51)14-6-27/h1-24,45-52H. The van der Waals surface area contributed by atoms with E-state index in [1.807, 2.05) is 48.5 Å². The van der Waals surface area contributed by atoms with E-state index in [0.717, 1.165) is 108 Å². The molecule has 0 saturated carbocycles. The molecule has 52 heavy (non-hydrogen) atoms. The molecule has 1 aliphatic heterocycles. The molecule has 8 heteroatoms. The van der Waals surface area contributed by atoms with Crippen molar-refractivity contribution in [1.29, 1.82) is 0 Å². The van der Waals surface area contributed by atoms with Crippen LogP contribution in [0.2, 0.25) is 0 Å². The molecule has 0 atom stereocenters. The van der Waals surface area contributed by atoms with Crippen molar-refractivity contribution >= 4 is 72.8 Å². The molecular formula is C44H32N4S4. The molecule has 4 aromatic heterocycles. The minimum Gasteiger partial charge on any atom is -0.354 e. The van der Waals surface area contributed by atoms with Crippen LogP contribution < -0.4 is 21.4 Å². The molecule has 8 aromatic rings. The Hall–Kier alpha value is -5.12. The number of aromatic amines is 4. The monoisotopic (exact) mass is 744 g/mol. The van der Waals surface area contributed by atoms with Crippen LogP contribution in [0.5, 0.6) is 0 Å². The molecule has 0 radical (unpaired) electrons. The summed E-state index contributed by atoms with van der Waals surface area (Å²) in [5, 5.41) is 3.94. The van der Waals surface area contributed by atoms with Crippen LogP contribution in [0.3, 0.4) is 0 Å². The quantitative estimate of drug-likeness (QED) is 0.0865. The number of H-pyrrole nitrogens is 4. The van der Waals surface area contributed by atoms with E-state index in [9.17, 15) is 0 Å². The van der Waals surface area contributed by atoms with E-state index in [2.05, 4.69) is 168 Å². The summed E-state index contributed by atoms with van der Waals surface area (Å²) in [6.45, 7) is 0. The van der Waals surface area contributed by atoms with Crippen molar-refractivity contribution in [2.75, 3.05) is 0 Å². The number of fused-ring (bicyclic) bond motifs is 8. The molecule has 4 N–H and O–H groups in total. The van der Waals surface area contributed by atoms with Crippen molar-refractivity contribution in [1.82, 2.24) is 19.9 Å². The van der Waals surface area contributed by atoms with Gasteiger partial charge in [-0.2, -0.15) is 0 Å². The third-order valence-corrected chi connectivity index (χ3v) is 10.7. The maximum absolute atomic E-state index is 4.59. The summed E-state index contributed by atoms with van der Waals surface area (Å²) in [5.74, 6) is 0. The molecular weight excluding hydrogens is 713 g/mol. The van der Waals surface area contributed by atoms with Crippen LogP contribution in [0.25, 0.3) is 22.3 Å². The highest BCUT2D eigenvalue weighted by Crippen LogP contribution is 2.29. The number of nitrogens with one attached hydrogen (secondary N) is 4. The summed E-state index contributed by atoms with van der Waals surface area (Å²) < 4.78 is 0. The van der Waals surface area contributed by atoms with Gasteiger partial charge in [0.15, 0.2) is 0 Å². The first kappa shape index (κ1) is 32.8. The maximum atomic E-state index is 4.59. The van der Waals surface area contributed by atoms with Crippen LogP contribution in [-0.4, -0.2) is 19.9 Å². The van der Waals surface area contributed by atoms with Crippen LogP contribution in [0, 0.1) is 0 Å². The lowest BCUT2D eigenvalue weighted by molar-refractivity contribution is 1.18. The zero-order valence-electron chi connectivity index (χ0n) is 27.6. The molecule has 4 nitrogen and oxygen atoms in total. The summed E-state index contributed by atoms with van der Waals surface area (Å²) in [5.41, 5.74) is 12.4. The molecule has 0 fully saturated rings. The molecule has 0 spiro atoms. The highest BCUT2D eigenvalue weighted by atomic mass is 32.1. The van der Waals surface area contributed by atoms with Crippen LogP contribution in [0.4, 0.5) is 0 Å². The van der Waals surface area contributed by atoms with Crippen LogP contribution in [0.15, 0.2) is 165 Å². The number of aromatic nitrogens is 4. The maximum Gasteiger partial charge on any atom is 0.0485 e. The summed E-state index contributed by atoms with van der Waals surface area (Å²) in [4.78, 5) is 19.0. The first-order valence-corrected chi connectivity index (χ1v) is 18.6. The molecule has 5 heterocycles. The highest BCUT2D eigenvalue weighted by Gasteiger charge is 2.18. The van der Waals surface area contributed by atoms with Gasteiger partial charge in [-0.25, -0.2) is 0 Å². The topological polar surface area (TPSA) is 63.2 Å². The van der Waals surface area contributed by atoms with Crippen LogP contribution >= 0.6 is 50.5 Å². The molecule has 9 rings (SSSR count). The normalized spacial score (nSPS) is 12.8. The third kappa shape index (κ3) is 6.11. The zero-order valence-corrected chi connectivity index (χ0v) is 31.2. The molecule has 4 aromatic carbocycles. The Kier molecular flexibility index (Phi) is 8.48. The Labute approximate surface area is 322 Å². The fourth-order valence-electron chi connectivity index (χ4n) is 7.08. The number of benzene rings is 4. The minimum absolute atomic E-state index is 0.909. The molecule has 252 valence electrons. The number of rotatable bonds is 4. The molecule has 1 aliphatic rings. The highest BCUT2D eigenvalue weighted by molar-refractivity contribution is 7.80. The lowest BCUT2D eigenvalue weighted by Gasteiger charge is -2.10. The smallest absolute Gasteiger partial charge is 0.0485 e. The fraction of sp³-hybridized carbons (Fsp3) is 0. The summed E-state index contributed by atoms with van der Waals surface area (Å²) in [6, 6.07) is 50.5. The van der Waals surface area contributed by atoms with Gasteiger partial charge in [0, 0.05) is 86.0 Å². The lowest BCUT2D eigenvalue weighted by Crippen LogP contribution is -2.19. The predicted octanol–water partition coefficient (Wildman–Crippen LogP) is 7.46. The lowest BCUT2D eigenvalue weighted by atomic mass is 10.0. The molecule has 0 amide bonds. The van der Waals surface area contributed by atoms with Gasteiger partial charge in [-0.1, -0.05) is 48.5 Å². The second-order valence-corrected chi connectivity index (χ2v) is 14.9. The molecule has 0 saturated heterocycles.